The van der Waals surface area contributed by atoms with Crippen LogP contribution in [-0.4, -0.2) is 35.1 Å². The summed E-state index contributed by atoms with van der Waals surface area (Å²) in [5.41, 5.74) is 0.851. The maximum Gasteiger partial charge on any atom is 0.328 e. The first-order chi connectivity index (χ1) is 11.8. The Labute approximate surface area is 143 Å². The molecule has 0 bridgehead atoms. The number of aromatic nitrogens is 1. The number of nitrogens with one attached hydrogen (secondary N) is 1. The summed E-state index contributed by atoms with van der Waals surface area (Å²) in [5.74, 6) is -1.42. The maximum absolute atomic E-state index is 12.2. The number of rotatable bonds is 6. The van der Waals surface area contributed by atoms with E-state index in [0.717, 1.165) is 0 Å². The average Bonchev–Trinajstić information content (AvgIpc) is 3.08. The number of carbonyl (C=O) groups is 2. The van der Waals surface area contributed by atoms with Crippen LogP contribution in [0.2, 0.25) is 0 Å². The minimum absolute atomic E-state index is 0.0527. The summed E-state index contributed by atoms with van der Waals surface area (Å²) in [6.45, 7) is 3.54. The van der Waals surface area contributed by atoms with Crippen molar-refractivity contribution in [3.63, 3.8) is 0 Å². The lowest BCUT2D eigenvalue weighted by Crippen LogP contribution is -2.44. The maximum atomic E-state index is 12.2. The molecule has 2 aromatic rings. The third kappa shape index (κ3) is 4.19. The number of nitro groups is 1. The summed E-state index contributed by atoms with van der Waals surface area (Å²) in [7, 11) is 1.24. The lowest BCUT2D eigenvalue weighted by molar-refractivity contribution is -0.384. The summed E-state index contributed by atoms with van der Waals surface area (Å²) >= 11 is 0. The van der Waals surface area contributed by atoms with Gasteiger partial charge in [-0.1, -0.05) is 19.0 Å². The molecule has 1 heterocycles. The van der Waals surface area contributed by atoms with Gasteiger partial charge in [0, 0.05) is 23.8 Å². The molecule has 0 spiro atoms. The van der Waals surface area contributed by atoms with Gasteiger partial charge in [0.2, 0.25) is 5.76 Å². The number of hydrogen-bond acceptors (Lipinski definition) is 7. The molecule has 0 aliphatic carbocycles. The van der Waals surface area contributed by atoms with Gasteiger partial charge in [0.1, 0.15) is 11.7 Å². The summed E-state index contributed by atoms with van der Waals surface area (Å²) in [6.07, 6.45) is 0. The van der Waals surface area contributed by atoms with Gasteiger partial charge in [0.25, 0.3) is 11.6 Å². The lowest BCUT2D eigenvalue weighted by Gasteiger charge is -2.18. The Kier molecular flexibility index (Phi) is 5.48. The number of non-ortho nitro benzene ring substituents is 1. The van der Waals surface area contributed by atoms with Crippen LogP contribution in [0.3, 0.4) is 0 Å². The number of amides is 1. The zero-order valence-electron chi connectivity index (χ0n) is 13.9. The van der Waals surface area contributed by atoms with Crippen molar-refractivity contribution in [1.82, 2.24) is 10.5 Å². The minimum atomic E-state index is -0.814. The fourth-order valence-corrected chi connectivity index (χ4v) is 2.11. The van der Waals surface area contributed by atoms with Crippen molar-refractivity contribution in [3.8, 4) is 11.3 Å². The topological polar surface area (TPSA) is 125 Å². The van der Waals surface area contributed by atoms with Crippen LogP contribution in [0.1, 0.15) is 24.4 Å². The fourth-order valence-electron chi connectivity index (χ4n) is 2.11. The summed E-state index contributed by atoms with van der Waals surface area (Å²) in [6, 6.07) is 6.24. The fraction of sp³-hybridized carbons (Fsp3) is 0.312. The minimum Gasteiger partial charge on any atom is -0.467 e. The second-order valence-corrected chi connectivity index (χ2v) is 5.60. The molecule has 1 amide bonds. The predicted octanol–water partition coefficient (Wildman–Crippen LogP) is 2.18. The Morgan fingerprint density at radius 3 is 2.44 bits per heavy atom. The van der Waals surface area contributed by atoms with Crippen molar-refractivity contribution in [2.45, 2.75) is 19.9 Å². The van der Waals surface area contributed by atoms with Crippen LogP contribution in [0.5, 0.6) is 0 Å². The van der Waals surface area contributed by atoms with Crippen molar-refractivity contribution < 1.29 is 23.8 Å². The van der Waals surface area contributed by atoms with Gasteiger partial charge in [-0.3, -0.25) is 14.9 Å². The van der Waals surface area contributed by atoms with Crippen molar-refractivity contribution in [2.75, 3.05) is 7.11 Å². The van der Waals surface area contributed by atoms with E-state index in [0.29, 0.717) is 11.3 Å². The number of methoxy groups -OCH3 is 1. The van der Waals surface area contributed by atoms with Gasteiger partial charge in [-0.25, -0.2) is 4.79 Å². The van der Waals surface area contributed by atoms with Crippen molar-refractivity contribution in [3.05, 3.63) is 46.2 Å². The standard InChI is InChI=1S/C16H17N3O6/c1-9(2)14(16(21)24-3)17-15(20)13-8-12(18-25-13)10-4-6-11(7-5-10)19(22)23/h4-9,14H,1-3H3,(H,17,20)/t14-/m0/s1. The number of nitrogens with zero attached hydrogens (tertiary/aromatic N) is 2. The molecule has 0 aliphatic heterocycles. The second kappa shape index (κ2) is 7.56. The zero-order valence-corrected chi connectivity index (χ0v) is 13.9. The molecule has 0 fully saturated rings. The number of carbonyl (C=O) groups excluding carboxylic acids is 2. The Bertz CT molecular complexity index is 781. The molecule has 9 nitrogen and oxygen atoms in total. The third-order valence-electron chi connectivity index (χ3n) is 3.52. The first kappa shape index (κ1) is 18.1. The van der Waals surface area contributed by atoms with Gasteiger partial charge < -0.3 is 14.6 Å². The Balaban J connectivity index is 2.15. The van der Waals surface area contributed by atoms with E-state index in [1.165, 1.54) is 37.4 Å². The Hall–Kier alpha value is -3.23. The van der Waals surface area contributed by atoms with E-state index < -0.39 is 22.8 Å². The highest BCUT2D eigenvalue weighted by Gasteiger charge is 2.27. The SMILES string of the molecule is COC(=O)[C@@H](NC(=O)c1cc(-c2ccc([N+](=O)[O-])cc2)no1)C(C)C. The van der Waals surface area contributed by atoms with E-state index in [-0.39, 0.29) is 17.4 Å². The first-order valence-electron chi connectivity index (χ1n) is 7.43. The smallest absolute Gasteiger partial charge is 0.328 e. The van der Waals surface area contributed by atoms with Gasteiger partial charge in [-0.2, -0.15) is 0 Å². The van der Waals surface area contributed by atoms with E-state index in [1.807, 2.05) is 0 Å². The number of ether oxygens (including phenoxy) is 1. The molecule has 25 heavy (non-hydrogen) atoms. The average molecular weight is 347 g/mol. The van der Waals surface area contributed by atoms with Crippen LogP contribution < -0.4 is 5.32 Å². The molecular formula is C16H17N3O6. The van der Waals surface area contributed by atoms with Crippen LogP contribution in [-0.2, 0) is 9.53 Å². The molecule has 0 saturated carbocycles. The summed E-state index contributed by atoms with van der Waals surface area (Å²) in [4.78, 5) is 34.1. The highest BCUT2D eigenvalue weighted by atomic mass is 16.6. The second-order valence-electron chi connectivity index (χ2n) is 5.60. The molecular weight excluding hydrogens is 330 g/mol. The largest absolute Gasteiger partial charge is 0.467 e. The number of nitro benzene ring substituents is 1. The van der Waals surface area contributed by atoms with Crippen LogP contribution in [0, 0.1) is 16.0 Å². The number of esters is 1. The van der Waals surface area contributed by atoms with Crippen LogP contribution in [0.4, 0.5) is 5.69 Å². The van der Waals surface area contributed by atoms with Gasteiger partial charge >= 0.3 is 5.97 Å². The van der Waals surface area contributed by atoms with Gasteiger partial charge in [0.05, 0.1) is 12.0 Å². The molecule has 1 N–H and O–H groups in total. The zero-order chi connectivity index (χ0) is 18.6. The first-order valence-corrected chi connectivity index (χ1v) is 7.43. The van der Waals surface area contributed by atoms with Crippen molar-refractivity contribution >= 4 is 17.6 Å². The van der Waals surface area contributed by atoms with E-state index >= 15 is 0 Å². The molecule has 1 aromatic carbocycles. The van der Waals surface area contributed by atoms with E-state index in [4.69, 9.17) is 4.52 Å². The number of benzene rings is 1. The van der Waals surface area contributed by atoms with Crippen LogP contribution >= 0.6 is 0 Å². The molecule has 2 rings (SSSR count). The molecule has 0 unspecified atom stereocenters. The molecule has 0 aliphatic rings. The Morgan fingerprint density at radius 2 is 1.92 bits per heavy atom. The van der Waals surface area contributed by atoms with Gasteiger partial charge in [0.15, 0.2) is 0 Å². The van der Waals surface area contributed by atoms with Crippen molar-refractivity contribution in [2.24, 2.45) is 5.92 Å². The molecule has 0 saturated heterocycles. The monoisotopic (exact) mass is 347 g/mol. The van der Waals surface area contributed by atoms with E-state index in [9.17, 15) is 19.7 Å². The normalized spacial score (nSPS) is 11.8. The van der Waals surface area contributed by atoms with Crippen molar-refractivity contribution in [1.29, 1.82) is 0 Å². The van der Waals surface area contributed by atoms with Crippen LogP contribution in [0.25, 0.3) is 11.3 Å². The number of hydrogen-bond donors (Lipinski definition) is 1. The third-order valence-corrected chi connectivity index (χ3v) is 3.52. The van der Waals surface area contributed by atoms with E-state index in [1.54, 1.807) is 13.8 Å². The summed E-state index contributed by atoms with van der Waals surface area (Å²) in [5, 5.41) is 17.0. The van der Waals surface area contributed by atoms with Gasteiger partial charge in [-0.05, 0) is 18.1 Å². The summed E-state index contributed by atoms with van der Waals surface area (Å²) < 4.78 is 9.67. The van der Waals surface area contributed by atoms with E-state index in [2.05, 4.69) is 15.2 Å². The molecule has 1 aromatic heterocycles. The molecule has 132 valence electrons. The quantitative estimate of drug-likeness (QED) is 0.482. The van der Waals surface area contributed by atoms with Gasteiger partial charge in [-0.15, -0.1) is 0 Å². The molecule has 9 heteroatoms. The predicted molar refractivity (Wildman–Crippen MR) is 86.7 cm³/mol. The lowest BCUT2D eigenvalue weighted by atomic mass is 10.0. The Morgan fingerprint density at radius 1 is 1.28 bits per heavy atom. The van der Waals surface area contributed by atoms with Crippen LogP contribution in [0.15, 0.2) is 34.9 Å². The highest BCUT2D eigenvalue weighted by Crippen LogP contribution is 2.22. The molecule has 1 atom stereocenters. The highest BCUT2D eigenvalue weighted by molar-refractivity contribution is 5.95. The molecule has 0 radical (unpaired) electrons.